The molecular formula is C17H19F2NO. The van der Waals surface area contributed by atoms with Crippen molar-refractivity contribution in [1.29, 1.82) is 0 Å². The molecule has 0 aliphatic carbocycles. The first-order valence-electron chi connectivity index (χ1n) is 6.95. The Hall–Kier alpha value is -1.78. The molecule has 21 heavy (non-hydrogen) atoms. The lowest BCUT2D eigenvalue weighted by Gasteiger charge is -2.12. The molecule has 112 valence electrons. The summed E-state index contributed by atoms with van der Waals surface area (Å²) < 4.78 is 25.9. The van der Waals surface area contributed by atoms with Gasteiger partial charge in [0.05, 0.1) is 6.10 Å². The van der Waals surface area contributed by atoms with Crippen LogP contribution in [0.25, 0.3) is 0 Å². The Morgan fingerprint density at radius 3 is 2.62 bits per heavy atom. The molecule has 2 N–H and O–H groups in total. The normalized spacial score (nSPS) is 12.4. The van der Waals surface area contributed by atoms with Crippen LogP contribution in [-0.2, 0) is 6.42 Å². The molecule has 0 radical (unpaired) electrons. The molecule has 0 aliphatic heterocycles. The molecule has 0 bridgehead atoms. The van der Waals surface area contributed by atoms with Crippen LogP contribution in [0, 0.1) is 18.6 Å². The molecule has 0 amide bonds. The van der Waals surface area contributed by atoms with Crippen LogP contribution < -0.4 is 5.32 Å². The average molecular weight is 291 g/mol. The molecule has 1 atom stereocenters. The van der Waals surface area contributed by atoms with Crippen LogP contribution in [-0.4, -0.2) is 18.2 Å². The number of halogens is 2. The molecule has 2 aromatic carbocycles. The number of nitrogens with one attached hydrogen (secondary N) is 1. The van der Waals surface area contributed by atoms with Crippen LogP contribution in [0.2, 0.25) is 0 Å². The number of aliphatic hydroxyl groups excluding tert-OH is 1. The zero-order chi connectivity index (χ0) is 15.2. The van der Waals surface area contributed by atoms with Crippen molar-refractivity contribution in [2.45, 2.75) is 19.4 Å². The summed E-state index contributed by atoms with van der Waals surface area (Å²) in [6.07, 6.45) is 0.00392. The Morgan fingerprint density at radius 1 is 1.10 bits per heavy atom. The van der Waals surface area contributed by atoms with Gasteiger partial charge >= 0.3 is 0 Å². The van der Waals surface area contributed by atoms with Gasteiger partial charge in [0.15, 0.2) is 11.6 Å². The maximum Gasteiger partial charge on any atom is 0.159 e. The van der Waals surface area contributed by atoms with E-state index in [2.05, 4.69) is 17.4 Å². The van der Waals surface area contributed by atoms with Gasteiger partial charge in [0.25, 0.3) is 0 Å². The lowest BCUT2D eigenvalue weighted by atomic mass is 10.1. The van der Waals surface area contributed by atoms with E-state index in [1.165, 1.54) is 17.2 Å². The molecule has 0 aliphatic rings. The van der Waals surface area contributed by atoms with E-state index in [4.69, 9.17) is 0 Å². The predicted molar refractivity (Wildman–Crippen MR) is 79.1 cm³/mol. The van der Waals surface area contributed by atoms with Crippen LogP contribution >= 0.6 is 0 Å². The molecule has 0 heterocycles. The van der Waals surface area contributed by atoms with Crippen molar-refractivity contribution in [3.8, 4) is 0 Å². The molecule has 1 unspecified atom stereocenters. The third-order valence-corrected chi connectivity index (χ3v) is 3.34. The summed E-state index contributed by atoms with van der Waals surface area (Å²) in [5, 5.41) is 13.0. The summed E-state index contributed by atoms with van der Waals surface area (Å²) in [7, 11) is 0. The molecule has 2 nitrogen and oxygen atoms in total. The summed E-state index contributed by atoms with van der Waals surface area (Å²) in [5.74, 6) is -1.84. The second-order valence-electron chi connectivity index (χ2n) is 5.13. The topological polar surface area (TPSA) is 32.3 Å². The number of hydrogen-bond donors (Lipinski definition) is 2. The lowest BCUT2D eigenvalue weighted by Crippen LogP contribution is -2.23. The Labute approximate surface area is 123 Å². The Bertz CT molecular complexity index is 601. The van der Waals surface area contributed by atoms with Crippen molar-refractivity contribution in [2.24, 2.45) is 0 Å². The molecule has 0 saturated heterocycles. The van der Waals surface area contributed by atoms with Crippen molar-refractivity contribution in [3.05, 3.63) is 70.8 Å². The summed E-state index contributed by atoms with van der Waals surface area (Å²) in [6.45, 7) is 3.06. The van der Waals surface area contributed by atoms with E-state index in [1.54, 1.807) is 0 Å². The van der Waals surface area contributed by atoms with Gasteiger partial charge in [0.2, 0.25) is 0 Å². The number of aryl methyl sites for hydroxylation is 1. The Balaban J connectivity index is 1.79. The third kappa shape index (κ3) is 4.62. The molecule has 0 spiro atoms. The van der Waals surface area contributed by atoms with Crippen LogP contribution in [0.15, 0.2) is 42.5 Å². The molecule has 0 aromatic heterocycles. The smallest absolute Gasteiger partial charge is 0.159 e. The van der Waals surface area contributed by atoms with Crippen LogP contribution in [0.3, 0.4) is 0 Å². The minimum Gasteiger partial charge on any atom is -0.387 e. The van der Waals surface area contributed by atoms with Crippen LogP contribution in [0.4, 0.5) is 8.78 Å². The summed E-state index contributed by atoms with van der Waals surface area (Å²) in [5.41, 5.74) is 2.82. The molecule has 2 rings (SSSR count). The number of rotatable bonds is 6. The second-order valence-corrected chi connectivity index (χ2v) is 5.13. The van der Waals surface area contributed by atoms with E-state index < -0.39 is 17.7 Å². The van der Waals surface area contributed by atoms with Crippen molar-refractivity contribution in [2.75, 3.05) is 13.1 Å². The molecule has 0 fully saturated rings. The highest BCUT2D eigenvalue weighted by Gasteiger charge is 2.10. The fraction of sp³-hybridized carbons (Fsp3) is 0.294. The van der Waals surface area contributed by atoms with Gasteiger partial charge < -0.3 is 10.4 Å². The Morgan fingerprint density at radius 2 is 1.90 bits per heavy atom. The molecule has 2 aromatic rings. The van der Waals surface area contributed by atoms with Gasteiger partial charge in [-0.25, -0.2) is 8.78 Å². The van der Waals surface area contributed by atoms with Crippen molar-refractivity contribution in [3.63, 3.8) is 0 Å². The lowest BCUT2D eigenvalue weighted by molar-refractivity contribution is 0.174. The minimum atomic E-state index is -0.939. The molecule has 4 heteroatoms. The zero-order valence-electron chi connectivity index (χ0n) is 11.9. The van der Waals surface area contributed by atoms with E-state index in [0.717, 1.165) is 18.6 Å². The third-order valence-electron chi connectivity index (χ3n) is 3.34. The second kappa shape index (κ2) is 7.29. The predicted octanol–water partition coefficient (Wildman–Crippen LogP) is 3.14. The van der Waals surface area contributed by atoms with Crippen LogP contribution in [0.5, 0.6) is 0 Å². The fourth-order valence-electron chi connectivity index (χ4n) is 2.18. The number of hydrogen-bond acceptors (Lipinski definition) is 2. The maximum absolute atomic E-state index is 13.1. The maximum atomic E-state index is 13.1. The van der Waals surface area contributed by atoms with Gasteiger partial charge in [0.1, 0.15) is 0 Å². The van der Waals surface area contributed by atoms with Gasteiger partial charge in [-0.05, 0) is 43.1 Å². The first kappa shape index (κ1) is 15.6. The first-order valence-corrected chi connectivity index (χ1v) is 6.95. The average Bonchev–Trinajstić information content (AvgIpc) is 2.46. The highest BCUT2D eigenvalue weighted by molar-refractivity contribution is 5.22. The summed E-state index contributed by atoms with van der Waals surface area (Å²) >= 11 is 0. The van der Waals surface area contributed by atoms with Gasteiger partial charge in [-0.15, -0.1) is 0 Å². The van der Waals surface area contributed by atoms with E-state index in [9.17, 15) is 13.9 Å². The SMILES string of the molecule is Cc1cccc(CCNCC(O)c2ccc(F)c(F)c2)c1. The van der Waals surface area contributed by atoms with Crippen molar-refractivity contribution >= 4 is 0 Å². The van der Waals surface area contributed by atoms with Crippen molar-refractivity contribution in [1.82, 2.24) is 5.32 Å². The summed E-state index contributed by atoms with van der Waals surface area (Å²) in [6, 6.07) is 11.7. The highest BCUT2D eigenvalue weighted by Crippen LogP contribution is 2.15. The van der Waals surface area contributed by atoms with E-state index in [-0.39, 0.29) is 0 Å². The van der Waals surface area contributed by atoms with Crippen molar-refractivity contribution < 1.29 is 13.9 Å². The van der Waals surface area contributed by atoms with E-state index in [1.807, 2.05) is 19.1 Å². The van der Waals surface area contributed by atoms with Gasteiger partial charge in [-0.1, -0.05) is 35.9 Å². The number of aliphatic hydroxyl groups is 1. The van der Waals surface area contributed by atoms with E-state index >= 15 is 0 Å². The molecule has 0 saturated carbocycles. The van der Waals surface area contributed by atoms with Crippen LogP contribution in [0.1, 0.15) is 22.8 Å². The Kier molecular flexibility index (Phi) is 5.42. The highest BCUT2D eigenvalue weighted by atomic mass is 19.2. The number of benzene rings is 2. The van der Waals surface area contributed by atoms with Gasteiger partial charge in [-0.3, -0.25) is 0 Å². The summed E-state index contributed by atoms with van der Waals surface area (Å²) in [4.78, 5) is 0. The van der Waals surface area contributed by atoms with Gasteiger partial charge in [0, 0.05) is 6.54 Å². The quantitative estimate of drug-likeness (QED) is 0.801. The standard InChI is InChI=1S/C17H19F2NO/c1-12-3-2-4-13(9-12)7-8-20-11-17(21)14-5-6-15(18)16(19)10-14/h2-6,9-10,17,20-21H,7-8,11H2,1H3. The first-order chi connectivity index (χ1) is 10.1. The largest absolute Gasteiger partial charge is 0.387 e. The fourth-order valence-corrected chi connectivity index (χ4v) is 2.18. The van der Waals surface area contributed by atoms with Gasteiger partial charge in [-0.2, -0.15) is 0 Å². The minimum absolute atomic E-state index is 0.302. The monoisotopic (exact) mass is 291 g/mol. The zero-order valence-corrected chi connectivity index (χ0v) is 11.9. The molecular weight excluding hydrogens is 272 g/mol. The van der Waals surface area contributed by atoms with E-state index in [0.29, 0.717) is 18.7 Å².